The summed E-state index contributed by atoms with van der Waals surface area (Å²) < 4.78 is 103. The number of hydrogen-bond acceptors (Lipinski definition) is 5. The maximum Gasteiger partial charge on any atom is 0.416 e. The molecule has 2 N–H and O–H groups in total. The van der Waals surface area contributed by atoms with Crippen molar-refractivity contribution in [1.29, 1.82) is 0 Å². The molecule has 2 aliphatic rings. The second-order valence-corrected chi connectivity index (χ2v) is 11.6. The number of nitrogens with one attached hydrogen (secondary N) is 1. The lowest BCUT2D eigenvalue weighted by Gasteiger charge is -2.38. The molecule has 3 aromatic rings. The van der Waals surface area contributed by atoms with Gasteiger partial charge in [0.25, 0.3) is 10.0 Å². The standard InChI is InChI=1S/C27H23F5N2O5S/c28-18-6-7-22(29)21(13-18)16-5-8-24-23(11-16)34(15-19(39-24)14-26(25(35)36)9-2-10-33-26)40(37,38)20-4-1-3-17(12-20)27(30,31)32/h1,3-8,11-13,19,33H,2,9-10,14-15H2,(H,35,36)/t19-,26-/m0/s1. The first-order valence-electron chi connectivity index (χ1n) is 12.2. The van der Waals surface area contributed by atoms with Gasteiger partial charge in [0.15, 0.2) is 0 Å². The Kier molecular flexibility index (Phi) is 6.99. The first kappa shape index (κ1) is 27.8. The molecule has 5 rings (SSSR count). The molecule has 2 atom stereocenters. The predicted octanol–water partition coefficient (Wildman–Crippen LogP) is 5.20. The van der Waals surface area contributed by atoms with Crippen LogP contribution in [0.3, 0.4) is 0 Å². The van der Waals surface area contributed by atoms with Crippen LogP contribution in [-0.4, -0.2) is 44.2 Å². The molecule has 0 unspecified atom stereocenters. The van der Waals surface area contributed by atoms with Crippen molar-refractivity contribution in [1.82, 2.24) is 5.32 Å². The minimum absolute atomic E-state index is 0.00843. The van der Waals surface area contributed by atoms with E-state index in [1.165, 1.54) is 18.2 Å². The predicted molar refractivity (Wildman–Crippen MR) is 134 cm³/mol. The molecule has 0 aromatic heterocycles. The number of hydrogen-bond donors (Lipinski definition) is 2. The summed E-state index contributed by atoms with van der Waals surface area (Å²) in [5.41, 5.74) is -2.73. The van der Waals surface area contributed by atoms with Crippen LogP contribution in [0.25, 0.3) is 11.1 Å². The molecule has 3 aromatic carbocycles. The third-order valence-corrected chi connectivity index (χ3v) is 8.88. The van der Waals surface area contributed by atoms with Gasteiger partial charge in [-0.2, -0.15) is 13.2 Å². The molecule has 7 nitrogen and oxygen atoms in total. The molecule has 2 aliphatic heterocycles. The fraction of sp³-hybridized carbons (Fsp3) is 0.296. The van der Waals surface area contributed by atoms with Gasteiger partial charge in [0.2, 0.25) is 0 Å². The largest absolute Gasteiger partial charge is 0.486 e. The van der Waals surface area contributed by atoms with Crippen molar-refractivity contribution in [3.05, 3.63) is 77.9 Å². The van der Waals surface area contributed by atoms with Crippen LogP contribution in [-0.2, 0) is 21.0 Å². The number of rotatable bonds is 6. The third-order valence-electron chi connectivity index (χ3n) is 7.11. The molecule has 40 heavy (non-hydrogen) atoms. The zero-order valence-corrected chi connectivity index (χ0v) is 21.5. The number of alkyl halides is 3. The molecule has 0 bridgehead atoms. The Morgan fingerprint density at radius 1 is 1.10 bits per heavy atom. The molecule has 0 saturated carbocycles. The Balaban J connectivity index is 1.62. The summed E-state index contributed by atoms with van der Waals surface area (Å²) >= 11 is 0. The van der Waals surface area contributed by atoms with Gasteiger partial charge in [-0.25, -0.2) is 17.2 Å². The molecule has 212 valence electrons. The monoisotopic (exact) mass is 582 g/mol. The Bertz CT molecular complexity index is 1570. The van der Waals surface area contributed by atoms with Gasteiger partial charge in [0, 0.05) is 12.0 Å². The molecular formula is C27H23F5N2O5S. The van der Waals surface area contributed by atoms with E-state index in [-0.39, 0.29) is 35.4 Å². The number of ether oxygens (including phenoxy) is 1. The highest BCUT2D eigenvalue weighted by Crippen LogP contribution is 2.42. The quantitative estimate of drug-likeness (QED) is 0.388. The van der Waals surface area contributed by atoms with Gasteiger partial charge >= 0.3 is 12.1 Å². The van der Waals surface area contributed by atoms with Gasteiger partial charge in [-0.15, -0.1) is 0 Å². The van der Waals surface area contributed by atoms with E-state index < -0.39 is 62.4 Å². The van der Waals surface area contributed by atoms with Gasteiger partial charge in [-0.1, -0.05) is 12.1 Å². The maximum atomic E-state index is 14.5. The molecule has 0 spiro atoms. The van der Waals surface area contributed by atoms with Gasteiger partial charge in [0.05, 0.1) is 22.7 Å². The van der Waals surface area contributed by atoms with Crippen molar-refractivity contribution in [3.63, 3.8) is 0 Å². The maximum absolute atomic E-state index is 14.5. The Morgan fingerprint density at radius 3 is 2.55 bits per heavy atom. The number of fused-ring (bicyclic) bond motifs is 1. The Labute approximate surface area is 226 Å². The van der Waals surface area contributed by atoms with Crippen molar-refractivity contribution >= 4 is 21.7 Å². The number of sulfonamides is 1. The summed E-state index contributed by atoms with van der Waals surface area (Å²) in [7, 11) is -4.66. The van der Waals surface area contributed by atoms with Crippen LogP contribution in [0.2, 0.25) is 0 Å². The second kappa shape index (κ2) is 10.0. The average molecular weight is 583 g/mol. The summed E-state index contributed by atoms with van der Waals surface area (Å²) in [6, 6.07) is 9.96. The number of carboxylic acids is 1. The molecular weight excluding hydrogens is 559 g/mol. The van der Waals surface area contributed by atoms with Crippen LogP contribution in [0.4, 0.5) is 27.6 Å². The lowest BCUT2D eigenvalue weighted by atomic mass is 9.90. The van der Waals surface area contributed by atoms with Crippen LogP contribution in [0.1, 0.15) is 24.8 Å². The summed E-state index contributed by atoms with van der Waals surface area (Å²) in [4.78, 5) is 11.5. The van der Waals surface area contributed by atoms with Crippen molar-refractivity contribution in [2.45, 2.75) is 42.0 Å². The Morgan fingerprint density at radius 2 is 1.88 bits per heavy atom. The zero-order chi connectivity index (χ0) is 28.9. The highest BCUT2D eigenvalue weighted by Gasteiger charge is 2.46. The number of nitrogens with zero attached hydrogens (tertiary/aromatic N) is 1. The second-order valence-electron chi connectivity index (χ2n) is 9.73. The molecule has 1 saturated heterocycles. The first-order chi connectivity index (χ1) is 18.8. The van der Waals surface area contributed by atoms with E-state index >= 15 is 0 Å². The average Bonchev–Trinajstić information content (AvgIpc) is 3.39. The fourth-order valence-electron chi connectivity index (χ4n) is 5.13. The van der Waals surface area contributed by atoms with Crippen LogP contribution in [0.5, 0.6) is 5.75 Å². The van der Waals surface area contributed by atoms with Crippen LogP contribution >= 0.6 is 0 Å². The number of benzene rings is 3. The van der Waals surface area contributed by atoms with E-state index in [1.54, 1.807) is 0 Å². The summed E-state index contributed by atoms with van der Waals surface area (Å²) in [5.74, 6) is -2.66. The number of halogens is 5. The van der Waals surface area contributed by atoms with Crippen LogP contribution < -0.4 is 14.4 Å². The highest BCUT2D eigenvalue weighted by atomic mass is 32.2. The van der Waals surface area contributed by atoms with Crippen molar-refractivity contribution in [2.75, 3.05) is 17.4 Å². The van der Waals surface area contributed by atoms with E-state index in [9.17, 15) is 40.3 Å². The topological polar surface area (TPSA) is 95.9 Å². The normalized spacial score (nSPS) is 21.1. The fourth-order valence-corrected chi connectivity index (χ4v) is 6.68. The zero-order valence-electron chi connectivity index (χ0n) is 20.7. The van der Waals surface area contributed by atoms with E-state index in [0.717, 1.165) is 40.7 Å². The highest BCUT2D eigenvalue weighted by molar-refractivity contribution is 7.92. The SMILES string of the molecule is O=C(O)[C@@]1(C[C@H]2CN(S(=O)(=O)c3cccc(C(F)(F)F)c3)c3cc(-c4cc(F)ccc4F)ccc3O2)CCCN1. The van der Waals surface area contributed by atoms with E-state index in [2.05, 4.69) is 5.32 Å². The molecule has 2 heterocycles. The van der Waals surface area contributed by atoms with Crippen LogP contribution in [0.15, 0.2) is 65.6 Å². The molecule has 0 aliphatic carbocycles. The molecule has 13 heteroatoms. The first-order valence-corrected chi connectivity index (χ1v) is 13.7. The van der Waals surface area contributed by atoms with Gasteiger partial charge in [-0.3, -0.25) is 9.10 Å². The van der Waals surface area contributed by atoms with E-state index in [0.29, 0.717) is 19.0 Å². The van der Waals surface area contributed by atoms with Gasteiger partial charge in [0.1, 0.15) is 29.0 Å². The van der Waals surface area contributed by atoms with Crippen LogP contribution in [0, 0.1) is 11.6 Å². The summed E-state index contributed by atoms with van der Waals surface area (Å²) in [6.07, 6.45) is -5.08. The van der Waals surface area contributed by atoms with Crippen molar-refractivity contribution < 1.29 is 45.0 Å². The van der Waals surface area contributed by atoms with Gasteiger partial charge in [-0.05, 0) is 73.5 Å². The van der Waals surface area contributed by atoms with E-state index in [4.69, 9.17) is 4.74 Å². The molecule has 0 radical (unpaired) electrons. The summed E-state index contributed by atoms with van der Waals surface area (Å²) in [5, 5.41) is 12.8. The lowest BCUT2D eigenvalue weighted by Crippen LogP contribution is -2.54. The third kappa shape index (κ3) is 5.10. The minimum Gasteiger partial charge on any atom is -0.486 e. The Hall–Kier alpha value is -3.71. The number of anilines is 1. The van der Waals surface area contributed by atoms with Crippen molar-refractivity contribution in [2.24, 2.45) is 0 Å². The molecule has 0 amide bonds. The minimum atomic E-state index is -4.80. The number of aliphatic carboxylic acids is 1. The van der Waals surface area contributed by atoms with Gasteiger partial charge < -0.3 is 15.2 Å². The summed E-state index contributed by atoms with van der Waals surface area (Å²) in [6.45, 7) is 0.00177. The number of carbonyl (C=O) groups is 1. The molecule has 1 fully saturated rings. The number of carboxylic acid groups (broad SMARTS) is 1. The van der Waals surface area contributed by atoms with E-state index in [1.807, 2.05) is 0 Å². The lowest BCUT2D eigenvalue weighted by molar-refractivity contribution is -0.145. The van der Waals surface area contributed by atoms with Crippen molar-refractivity contribution in [3.8, 4) is 16.9 Å². The smallest absolute Gasteiger partial charge is 0.416 e.